The van der Waals surface area contributed by atoms with Crippen LogP contribution in [0.5, 0.6) is 0 Å². The van der Waals surface area contributed by atoms with Crippen molar-refractivity contribution < 1.29 is 10.2 Å². The lowest BCUT2D eigenvalue weighted by Crippen LogP contribution is -2.57. The Labute approximate surface area is 141 Å². The molecule has 0 aromatic carbocycles. The molecule has 4 saturated carbocycles. The van der Waals surface area contributed by atoms with Gasteiger partial charge >= 0.3 is 0 Å². The molecule has 0 aliphatic heterocycles. The third kappa shape index (κ3) is 2.02. The highest BCUT2D eigenvalue weighted by atomic mass is 16.3. The van der Waals surface area contributed by atoms with Crippen LogP contribution in [-0.4, -0.2) is 22.4 Å². The molecule has 2 nitrogen and oxygen atoms in total. The highest BCUT2D eigenvalue weighted by Gasteiger charge is 2.62. The first kappa shape index (κ1) is 16.0. The Balaban J connectivity index is 1.68. The summed E-state index contributed by atoms with van der Waals surface area (Å²) in [6.45, 7) is 4.78. The molecule has 0 spiro atoms. The van der Waals surface area contributed by atoms with E-state index in [9.17, 15) is 10.2 Å². The summed E-state index contributed by atoms with van der Waals surface area (Å²) in [7, 11) is 0. The highest BCUT2D eigenvalue weighted by Crippen LogP contribution is 2.67. The van der Waals surface area contributed by atoms with Gasteiger partial charge in [-0.1, -0.05) is 13.8 Å². The lowest BCUT2D eigenvalue weighted by atomic mass is 9.43. The van der Waals surface area contributed by atoms with Crippen molar-refractivity contribution >= 4 is 0 Å². The van der Waals surface area contributed by atoms with Crippen molar-refractivity contribution in [3.63, 3.8) is 0 Å². The number of aliphatic hydroxyl groups is 2. The van der Waals surface area contributed by atoms with Gasteiger partial charge < -0.3 is 10.2 Å². The highest BCUT2D eigenvalue weighted by molar-refractivity contribution is 5.15. The molecule has 0 bridgehead atoms. The number of aliphatic hydroxyl groups excluding tert-OH is 2. The minimum Gasteiger partial charge on any atom is -0.393 e. The molecule has 0 aromatic heterocycles. The molecule has 2 heteroatoms. The predicted molar refractivity (Wildman–Crippen MR) is 91.4 cm³/mol. The van der Waals surface area contributed by atoms with Gasteiger partial charge in [0, 0.05) is 5.92 Å². The van der Waals surface area contributed by atoms with E-state index in [0.29, 0.717) is 17.8 Å². The van der Waals surface area contributed by atoms with E-state index < -0.39 is 0 Å². The van der Waals surface area contributed by atoms with Gasteiger partial charge in [-0.05, 0) is 85.9 Å². The molecular weight excluding hydrogens is 284 g/mol. The second-order valence-corrected chi connectivity index (χ2v) is 9.50. The Morgan fingerprint density at radius 3 is 2.48 bits per heavy atom. The standard InChI is InChI=1S/C21H32O2/c1-4-13-11-15(22)12-14-5-6-16-17-7-8-19(23)20(17,2)10-9-18(16)21(13,14)3/h1,13-19,22-23H,5-12H2,2-3H3/t13?,14?,15-,16+,17+,18+,19+,20+,21+/m1/s1. The van der Waals surface area contributed by atoms with Crippen LogP contribution in [0.3, 0.4) is 0 Å². The molecular formula is C21H32O2. The van der Waals surface area contributed by atoms with Gasteiger partial charge in [0.2, 0.25) is 0 Å². The van der Waals surface area contributed by atoms with Gasteiger partial charge in [-0.25, -0.2) is 0 Å². The summed E-state index contributed by atoms with van der Waals surface area (Å²) in [5.74, 6) is 5.99. The first-order chi connectivity index (χ1) is 10.9. The summed E-state index contributed by atoms with van der Waals surface area (Å²) in [5.41, 5.74) is 0.343. The maximum absolute atomic E-state index is 10.5. The van der Waals surface area contributed by atoms with Gasteiger partial charge in [-0.3, -0.25) is 0 Å². The van der Waals surface area contributed by atoms with Crippen LogP contribution in [0.25, 0.3) is 0 Å². The smallest absolute Gasteiger partial charge is 0.0596 e. The first-order valence-corrected chi connectivity index (χ1v) is 9.73. The summed E-state index contributed by atoms with van der Waals surface area (Å²) in [6, 6.07) is 0. The van der Waals surface area contributed by atoms with Crippen molar-refractivity contribution in [1.29, 1.82) is 0 Å². The Bertz CT molecular complexity index is 522. The van der Waals surface area contributed by atoms with Crippen molar-refractivity contribution in [3.05, 3.63) is 0 Å². The minimum absolute atomic E-state index is 0.101. The molecule has 0 saturated heterocycles. The fourth-order valence-electron chi connectivity index (χ4n) is 7.56. The average molecular weight is 316 g/mol. The average Bonchev–Trinajstić information content (AvgIpc) is 2.83. The van der Waals surface area contributed by atoms with Crippen LogP contribution < -0.4 is 0 Å². The van der Waals surface area contributed by atoms with Crippen LogP contribution in [0.1, 0.15) is 65.2 Å². The van der Waals surface area contributed by atoms with E-state index in [2.05, 4.69) is 19.8 Å². The zero-order chi connectivity index (χ0) is 16.4. The fourth-order valence-corrected chi connectivity index (χ4v) is 7.56. The SMILES string of the molecule is C#CC1C[C@@H](O)CC2CC[C@@H]3[C@H](CC[C@]4(C)[C@@H](O)CC[C@@H]34)[C@@]12C. The third-order valence-corrected chi connectivity index (χ3v) is 8.93. The molecule has 0 amide bonds. The van der Waals surface area contributed by atoms with Crippen molar-refractivity contribution in [1.82, 2.24) is 0 Å². The normalized spacial score (nSPS) is 58.7. The van der Waals surface area contributed by atoms with Crippen molar-refractivity contribution in [2.24, 2.45) is 40.4 Å². The molecule has 23 heavy (non-hydrogen) atoms. The molecule has 0 radical (unpaired) electrons. The quantitative estimate of drug-likeness (QED) is 0.670. The second-order valence-electron chi connectivity index (χ2n) is 9.50. The van der Waals surface area contributed by atoms with E-state index >= 15 is 0 Å². The van der Waals surface area contributed by atoms with E-state index in [1.807, 2.05) is 0 Å². The molecule has 0 heterocycles. The summed E-state index contributed by atoms with van der Waals surface area (Å²) in [6.07, 6.45) is 14.4. The summed E-state index contributed by atoms with van der Waals surface area (Å²) in [5, 5.41) is 20.8. The zero-order valence-electron chi connectivity index (χ0n) is 14.7. The molecule has 4 fully saturated rings. The van der Waals surface area contributed by atoms with Gasteiger partial charge in [0.15, 0.2) is 0 Å². The van der Waals surface area contributed by atoms with Gasteiger partial charge in [0.05, 0.1) is 12.2 Å². The van der Waals surface area contributed by atoms with Crippen LogP contribution in [0.2, 0.25) is 0 Å². The van der Waals surface area contributed by atoms with Crippen LogP contribution in [0, 0.1) is 52.8 Å². The van der Waals surface area contributed by atoms with Crippen LogP contribution in [-0.2, 0) is 0 Å². The van der Waals surface area contributed by atoms with Crippen molar-refractivity contribution in [2.45, 2.75) is 77.4 Å². The monoisotopic (exact) mass is 316 g/mol. The lowest BCUT2D eigenvalue weighted by molar-refractivity contribution is -0.149. The molecule has 2 N–H and O–H groups in total. The van der Waals surface area contributed by atoms with E-state index in [4.69, 9.17) is 6.42 Å². The molecule has 4 aliphatic carbocycles. The Morgan fingerprint density at radius 1 is 0.957 bits per heavy atom. The number of terminal acetylenes is 1. The Hall–Kier alpha value is -0.520. The number of fused-ring (bicyclic) bond motifs is 5. The summed E-state index contributed by atoms with van der Waals surface area (Å²) < 4.78 is 0. The van der Waals surface area contributed by atoms with E-state index in [1.165, 1.54) is 25.7 Å². The largest absolute Gasteiger partial charge is 0.393 e. The molecule has 4 rings (SSSR count). The van der Waals surface area contributed by atoms with E-state index in [0.717, 1.165) is 31.6 Å². The number of rotatable bonds is 0. The third-order valence-electron chi connectivity index (χ3n) is 8.93. The number of hydrogen-bond acceptors (Lipinski definition) is 2. The maximum atomic E-state index is 10.5. The van der Waals surface area contributed by atoms with E-state index in [1.54, 1.807) is 0 Å². The van der Waals surface area contributed by atoms with Crippen molar-refractivity contribution in [3.8, 4) is 12.3 Å². The van der Waals surface area contributed by atoms with Crippen LogP contribution in [0.4, 0.5) is 0 Å². The van der Waals surface area contributed by atoms with Crippen LogP contribution in [0.15, 0.2) is 0 Å². The summed E-state index contributed by atoms with van der Waals surface area (Å²) >= 11 is 0. The predicted octanol–water partition coefficient (Wildman–Crippen LogP) is 3.61. The molecule has 9 atom stereocenters. The second kappa shape index (κ2) is 5.24. The van der Waals surface area contributed by atoms with Gasteiger partial charge in [0.25, 0.3) is 0 Å². The topological polar surface area (TPSA) is 40.5 Å². The van der Waals surface area contributed by atoms with Crippen LogP contribution >= 0.6 is 0 Å². The first-order valence-electron chi connectivity index (χ1n) is 9.73. The summed E-state index contributed by atoms with van der Waals surface area (Å²) in [4.78, 5) is 0. The number of hydrogen-bond donors (Lipinski definition) is 2. The fraction of sp³-hybridized carbons (Fsp3) is 0.905. The Morgan fingerprint density at radius 2 is 1.74 bits per heavy atom. The van der Waals surface area contributed by atoms with Gasteiger partial charge in [-0.2, -0.15) is 0 Å². The van der Waals surface area contributed by atoms with Gasteiger partial charge in [0.1, 0.15) is 0 Å². The molecule has 4 aliphatic rings. The minimum atomic E-state index is -0.201. The van der Waals surface area contributed by atoms with Gasteiger partial charge in [-0.15, -0.1) is 12.3 Å². The Kier molecular flexibility index (Phi) is 3.64. The lowest BCUT2D eigenvalue weighted by Gasteiger charge is -2.62. The molecule has 0 aromatic rings. The van der Waals surface area contributed by atoms with Crippen molar-refractivity contribution in [2.75, 3.05) is 0 Å². The van der Waals surface area contributed by atoms with E-state index in [-0.39, 0.29) is 29.0 Å². The molecule has 2 unspecified atom stereocenters. The maximum Gasteiger partial charge on any atom is 0.0596 e. The zero-order valence-corrected chi connectivity index (χ0v) is 14.7. The molecule has 128 valence electrons.